The van der Waals surface area contributed by atoms with Gasteiger partial charge in [-0.2, -0.15) is 0 Å². The molecule has 0 bridgehead atoms. The number of aromatic nitrogens is 1. The van der Waals surface area contributed by atoms with Crippen LogP contribution in [0.25, 0.3) is 11.3 Å². The number of hydrogen-bond donors (Lipinski definition) is 0. The lowest BCUT2D eigenvalue weighted by atomic mass is 10.0. The normalized spacial score (nSPS) is 16.7. The molecule has 6 nitrogen and oxygen atoms in total. The predicted octanol–water partition coefficient (Wildman–Crippen LogP) is 2.01. The summed E-state index contributed by atoms with van der Waals surface area (Å²) >= 11 is 0. The molecule has 0 spiro atoms. The van der Waals surface area contributed by atoms with E-state index in [1.807, 2.05) is 25.1 Å². The molecule has 2 aliphatic heterocycles. The number of morpholine rings is 1. The molecule has 1 fully saturated rings. The Morgan fingerprint density at radius 2 is 2.09 bits per heavy atom. The highest BCUT2D eigenvalue weighted by Crippen LogP contribution is 2.39. The minimum absolute atomic E-state index is 0.118. The highest BCUT2D eigenvalue weighted by Gasteiger charge is 2.31. The monoisotopic (exact) mass is 300 g/mol. The molecule has 0 unspecified atom stereocenters. The van der Waals surface area contributed by atoms with Gasteiger partial charge in [-0.05, 0) is 24.6 Å². The van der Waals surface area contributed by atoms with Crippen molar-refractivity contribution >= 4 is 5.91 Å². The first-order chi connectivity index (χ1) is 10.7. The molecule has 2 aliphatic rings. The van der Waals surface area contributed by atoms with Crippen LogP contribution >= 0.6 is 0 Å². The Morgan fingerprint density at radius 1 is 1.27 bits per heavy atom. The van der Waals surface area contributed by atoms with Crippen molar-refractivity contribution in [3.05, 3.63) is 35.0 Å². The topological polar surface area (TPSA) is 64.8 Å². The minimum Gasteiger partial charge on any atom is -0.488 e. The summed E-state index contributed by atoms with van der Waals surface area (Å²) in [6, 6.07) is 5.89. The Kier molecular flexibility index (Phi) is 3.11. The lowest BCUT2D eigenvalue weighted by molar-refractivity contribution is 0.0295. The number of hydrogen-bond acceptors (Lipinski definition) is 5. The van der Waals surface area contributed by atoms with Crippen molar-refractivity contribution in [1.29, 1.82) is 0 Å². The highest BCUT2D eigenvalue weighted by molar-refractivity contribution is 5.95. The van der Waals surface area contributed by atoms with Crippen LogP contribution in [-0.4, -0.2) is 42.3 Å². The third-order valence-corrected chi connectivity index (χ3v) is 4.04. The van der Waals surface area contributed by atoms with Crippen molar-refractivity contribution in [2.24, 2.45) is 0 Å². The van der Waals surface area contributed by atoms with Crippen LogP contribution in [-0.2, 0) is 11.3 Å². The van der Waals surface area contributed by atoms with Gasteiger partial charge in [0.1, 0.15) is 12.4 Å². The maximum Gasteiger partial charge on any atom is 0.276 e. The van der Waals surface area contributed by atoms with Gasteiger partial charge in [-0.1, -0.05) is 11.2 Å². The van der Waals surface area contributed by atoms with Crippen LogP contribution in [0.15, 0.2) is 22.7 Å². The van der Waals surface area contributed by atoms with Gasteiger partial charge >= 0.3 is 0 Å². The molecule has 1 aromatic carbocycles. The molecule has 0 atom stereocenters. The van der Waals surface area contributed by atoms with Crippen molar-refractivity contribution in [2.75, 3.05) is 26.3 Å². The average Bonchev–Trinajstić information content (AvgIpc) is 2.99. The molecule has 4 rings (SSSR count). The molecule has 2 aromatic rings. The minimum atomic E-state index is -0.118. The number of carbonyl (C=O) groups excluding carboxylic acids is 1. The van der Waals surface area contributed by atoms with Gasteiger partial charge in [0.15, 0.2) is 11.5 Å². The van der Waals surface area contributed by atoms with Gasteiger partial charge in [0.2, 0.25) is 0 Å². The first-order valence-corrected chi connectivity index (χ1v) is 7.33. The van der Waals surface area contributed by atoms with Crippen molar-refractivity contribution in [1.82, 2.24) is 10.1 Å². The Balaban J connectivity index is 1.71. The van der Waals surface area contributed by atoms with Gasteiger partial charge in [-0.25, -0.2) is 0 Å². The Bertz CT molecular complexity index is 732. The Hall–Kier alpha value is -2.34. The number of benzene rings is 1. The fourth-order valence-electron chi connectivity index (χ4n) is 2.83. The largest absolute Gasteiger partial charge is 0.488 e. The summed E-state index contributed by atoms with van der Waals surface area (Å²) in [6.07, 6.45) is 0. The standard InChI is InChI=1S/C16H16N2O4/c1-10-2-3-11-13(8-10)21-9-12-14(17-22-15(11)12)16(19)18-4-6-20-7-5-18/h2-3,8H,4-7,9H2,1H3. The second-order valence-corrected chi connectivity index (χ2v) is 5.53. The van der Waals surface area contributed by atoms with Gasteiger partial charge in [0, 0.05) is 13.1 Å². The molecule has 0 saturated carbocycles. The smallest absolute Gasteiger partial charge is 0.276 e. The van der Waals surface area contributed by atoms with Gasteiger partial charge in [-0.15, -0.1) is 0 Å². The third-order valence-electron chi connectivity index (χ3n) is 4.04. The number of nitrogens with zero attached hydrogens (tertiary/aromatic N) is 2. The fraction of sp³-hybridized carbons (Fsp3) is 0.375. The zero-order chi connectivity index (χ0) is 15.1. The molecule has 6 heteroatoms. The van der Waals surface area contributed by atoms with E-state index in [1.54, 1.807) is 4.90 Å². The summed E-state index contributed by atoms with van der Waals surface area (Å²) in [6.45, 7) is 4.59. The molecule has 0 N–H and O–H groups in total. The second-order valence-electron chi connectivity index (χ2n) is 5.53. The van der Waals surface area contributed by atoms with E-state index in [9.17, 15) is 4.79 Å². The van der Waals surface area contributed by atoms with E-state index in [-0.39, 0.29) is 5.91 Å². The van der Waals surface area contributed by atoms with Crippen LogP contribution in [0.4, 0.5) is 0 Å². The molecule has 0 radical (unpaired) electrons. The Morgan fingerprint density at radius 3 is 2.91 bits per heavy atom. The zero-order valence-electron chi connectivity index (χ0n) is 12.3. The number of carbonyl (C=O) groups is 1. The van der Waals surface area contributed by atoms with E-state index in [0.717, 1.165) is 22.4 Å². The summed E-state index contributed by atoms with van der Waals surface area (Å²) in [4.78, 5) is 14.3. The summed E-state index contributed by atoms with van der Waals surface area (Å²) in [5.74, 6) is 1.29. The van der Waals surface area contributed by atoms with Crippen molar-refractivity contribution in [3.8, 4) is 17.1 Å². The van der Waals surface area contributed by atoms with Crippen molar-refractivity contribution in [2.45, 2.75) is 13.5 Å². The molecule has 1 saturated heterocycles. The SMILES string of the molecule is Cc1ccc2c(c1)OCc1c(C(=O)N3CCOCC3)noc1-2. The van der Waals surface area contributed by atoms with Gasteiger partial charge in [-0.3, -0.25) is 4.79 Å². The summed E-state index contributed by atoms with van der Waals surface area (Å²) in [5, 5.41) is 4.01. The average molecular weight is 300 g/mol. The van der Waals surface area contributed by atoms with Gasteiger partial charge in [0.25, 0.3) is 5.91 Å². The molecule has 22 heavy (non-hydrogen) atoms. The summed E-state index contributed by atoms with van der Waals surface area (Å²) in [7, 11) is 0. The lowest BCUT2D eigenvalue weighted by Crippen LogP contribution is -2.41. The molecule has 1 aromatic heterocycles. The maximum atomic E-state index is 12.6. The third kappa shape index (κ3) is 2.07. The van der Waals surface area contributed by atoms with E-state index in [2.05, 4.69) is 5.16 Å². The summed E-state index contributed by atoms with van der Waals surface area (Å²) < 4.78 is 16.5. The van der Waals surface area contributed by atoms with Crippen LogP contribution in [0.2, 0.25) is 0 Å². The summed E-state index contributed by atoms with van der Waals surface area (Å²) in [5.41, 5.74) is 3.04. The molecule has 114 valence electrons. The van der Waals surface area contributed by atoms with E-state index in [4.69, 9.17) is 14.0 Å². The number of amides is 1. The van der Waals surface area contributed by atoms with Gasteiger partial charge < -0.3 is 18.9 Å². The predicted molar refractivity (Wildman–Crippen MR) is 77.7 cm³/mol. The number of aryl methyl sites for hydroxylation is 1. The lowest BCUT2D eigenvalue weighted by Gasteiger charge is -2.26. The van der Waals surface area contributed by atoms with Gasteiger partial charge in [0.05, 0.1) is 24.3 Å². The molecule has 3 heterocycles. The highest BCUT2D eigenvalue weighted by atomic mass is 16.5. The van der Waals surface area contributed by atoms with Crippen LogP contribution < -0.4 is 4.74 Å². The van der Waals surface area contributed by atoms with E-state index >= 15 is 0 Å². The number of fused-ring (bicyclic) bond motifs is 3. The van der Waals surface area contributed by atoms with E-state index in [0.29, 0.717) is 44.4 Å². The number of ether oxygens (including phenoxy) is 2. The molecular weight excluding hydrogens is 284 g/mol. The molecule has 0 aliphatic carbocycles. The quantitative estimate of drug-likeness (QED) is 0.806. The van der Waals surface area contributed by atoms with E-state index in [1.165, 1.54) is 0 Å². The maximum absolute atomic E-state index is 12.6. The van der Waals surface area contributed by atoms with Crippen molar-refractivity contribution < 1.29 is 18.8 Å². The van der Waals surface area contributed by atoms with Crippen LogP contribution in [0.5, 0.6) is 5.75 Å². The second kappa shape index (κ2) is 5.14. The van der Waals surface area contributed by atoms with Crippen LogP contribution in [0.3, 0.4) is 0 Å². The van der Waals surface area contributed by atoms with E-state index < -0.39 is 0 Å². The first kappa shape index (κ1) is 13.3. The van der Waals surface area contributed by atoms with Crippen molar-refractivity contribution in [3.63, 3.8) is 0 Å². The van der Waals surface area contributed by atoms with Crippen LogP contribution in [0.1, 0.15) is 21.6 Å². The Labute approximate surface area is 127 Å². The molecular formula is C16H16N2O4. The molecule has 1 amide bonds. The first-order valence-electron chi connectivity index (χ1n) is 7.33. The zero-order valence-corrected chi connectivity index (χ0v) is 12.3. The fourth-order valence-corrected chi connectivity index (χ4v) is 2.83. The number of rotatable bonds is 1. The van der Waals surface area contributed by atoms with Crippen LogP contribution in [0, 0.1) is 6.92 Å².